The van der Waals surface area contributed by atoms with E-state index in [0.717, 1.165) is 56.2 Å². The Morgan fingerprint density at radius 1 is 0.523 bits per heavy atom. The summed E-state index contributed by atoms with van der Waals surface area (Å²) in [7, 11) is 2.06. The molecule has 7 heteroatoms. The monoisotopic (exact) mass is 839 g/mol. The topological polar surface area (TPSA) is 76.9 Å². The lowest BCUT2D eigenvalue weighted by Gasteiger charge is -2.32. The number of hydrogen-bond donors (Lipinski definition) is 3. The molecule has 4 atom stereocenters. The molecule has 0 radical (unpaired) electrons. The second-order valence-electron chi connectivity index (χ2n) is 17.1. The molecular formula is C58H45N7. The lowest BCUT2D eigenvalue weighted by molar-refractivity contribution is 0.382. The summed E-state index contributed by atoms with van der Waals surface area (Å²) in [4.78, 5) is 17.6. The van der Waals surface area contributed by atoms with Crippen LogP contribution in [-0.2, 0) is 0 Å². The summed E-state index contributed by atoms with van der Waals surface area (Å²) < 4.78 is 0. The molecule has 1 aliphatic carbocycles. The fourth-order valence-electron chi connectivity index (χ4n) is 9.47. The number of allylic oxidation sites excluding steroid dienone is 4. The first kappa shape index (κ1) is 38.4. The fraction of sp³-hybridized carbons (Fsp3) is 0.0862. The highest BCUT2D eigenvalue weighted by atomic mass is 15.3. The third kappa shape index (κ3) is 7.27. The van der Waals surface area contributed by atoms with Crippen LogP contribution in [0.2, 0.25) is 0 Å². The first-order chi connectivity index (χ1) is 32.1. The highest BCUT2D eigenvalue weighted by Gasteiger charge is 2.28. The molecule has 6 aromatic carbocycles. The van der Waals surface area contributed by atoms with E-state index in [9.17, 15) is 0 Å². The van der Waals surface area contributed by atoms with Gasteiger partial charge in [-0.15, -0.1) is 0 Å². The Morgan fingerprint density at radius 3 is 1.86 bits per heavy atom. The molecule has 7 nitrogen and oxygen atoms in total. The van der Waals surface area contributed by atoms with Crippen LogP contribution in [0.25, 0.3) is 34.3 Å². The highest BCUT2D eigenvalue weighted by Crippen LogP contribution is 2.43. The third-order valence-electron chi connectivity index (χ3n) is 13.0. The lowest BCUT2D eigenvalue weighted by atomic mass is 9.89. The van der Waals surface area contributed by atoms with Gasteiger partial charge < -0.3 is 20.9 Å². The maximum Gasteiger partial charge on any atom is 0.178 e. The molecule has 0 saturated carbocycles. The van der Waals surface area contributed by atoms with Crippen molar-refractivity contribution in [3.8, 4) is 0 Å². The SMILES string of the molecule is CN1C(c2ccccc2)=NC(c2ccc3ccc(C4=CC=C5C=CC(c6ccc(C7C=Cc8ccc9c(c8N7)NC(c7ccccc7)C=C9)cc6)=CC5N4)cc3n2)=NC1c1ccccc1. The van der Waals surface area contributed by atoms with Crippen LogP contribution in [0.15, 0.2) is 216 Å². The molecule has 1 aromatic heterocycles. The second-order valence-corrected chi connectivity index (χ2v) is 17.1. The average Bonchev–Trinajstić information content (AvgIpc) is 3.38. The number of dihydropyridines is 1. The van der Waals surface area contributed by atoms with Crippen molar-refractivity contribution in [3.05, 3.63) is 256 Å². The number of nitrogens with one attached hydrogen (secondary N) is 3. The van der Waals surface area contributed by atoms with Crippen molar-refractivity contribution >= 4 is 57.4 Å². The first-order valence-electron chi connectivity index (χ1n) is 22.3. The van der Waals surface area contributed by atoms with Gasteiger partial charge in [0.05, 0.1) is 35.0 Å². The van der Waals surface area contributed by atoms with Crippen LogP contribution in [0.5, 0.6) is 0 Å². The zero-order valence-corrected chi connectivity index (χ0v) is 35.8. The number of aliphatic imine (C=N–C) groups is 2. The Labute approximate surface area is 379 Å². The highest BCUT2D eigenvalue weighted by molar-refractivity contribution is 6.12. The van der Waals surface area contributed by atoms with E-state index in [0.29, 0.717) is 5.84 Å². The lowest BCUT2D eigenvalue weighted by Crippen LogP contribution is -2.35. The molecule has 5 heterocycles. The van der Waals surface area contributed by atoms with E-state index in [4.69, 9.17) is 15.0 Å². The summed E-state index contributed by atoms with van der Waals surface area (Å²) in [5, 5.41) is 12.6. The van der Waals surface area contributed by atoms with E-state index in [1.807, 2.05) is 30.3 Å². The molecule has 4 aliphatic heterocycles. The van der Waals surface area contributed by atoms with Gasteiger partial charge in [0, 0.05) is 23.7 Å². The smallest absolute Gasteiger partial charge is 0.178 e. The van der Waals surface area contributed by atoms with Gasteiger partial charge in [0.1, 0.15) is 11.5 Å². The van der Waals surface area contributed by atoms with E-state index < -0.39 is 0 Å². The van der Waals surface area contributed by atoms with Gasteiger partial charge in [-0.25, -0.2) is 15.0 Å². The molecule has 0 fully saturated rings. The van der Waals surface area contributed by atoms with Gasteiger partial charge in [0.25, 0.3) is 0 Å². The molecule has 12 rings (SSSR count). The van der Waals surface area contributed by atoms with E-state index >= 15 is 0 Å². The van der Waals surface area contributed by atoms with Crippen LogP contribution in [0.4, 0.5) is 11.4 Å². The number of benzene rings is 6. The maximum atomic E-state index is 5.19. The summed E-state index contributed by atoms with van der Waals surface area (Å²) in [6, 6.07) is 55.5. The van der Waals surface area contributed by atoms with Gasteiger partial charge in [-0.3, -0.25) is 0 Å². The van der Waals surface area contributed by atoms with Crippen molar-refractivity contribution in [2.45, 2.75) is 24.3 Å². The van der Waals surface area contributed by atoms with Gasteiger partial charge in [0.2, 0.25) is 0 Å². The van der Waals surface area contributed by atoms with Crippen LogP contribution >= 0.6 is 0 Å². The average molecular weight is 840 g/mol. The molecular weight excluding hydrogens is 795 g/mol. The van der Waals surface area contributed by atoms with E-state index in [1.54, 1.807) is 0 Å². The third-order valence-corrected chi connectivity index (χ3v) is 13.0. The summed E-state index contributed by atoms with van der Waals surface area (Å²) in [6.07, 6.45) is 19.9. The minimum absolute atomic E-state index is 0.0331. The summed E-state index contributed by atoms with van der Waals surface area (Å²) in [6.45, 7) is 0. The minimum Gasteiger partial charge on any atom is -0.374 e. The van der Waals surface area contributed by atoms with Crippen molar-refractivity contribution in [2.75, 3.05) is 17.7 Å². The van der Waals surface area contributed by atoms with Crippen molar-refractivity contribution in [3.63, 3.8) is 0 Å². The number of anilines is 2. The number of rotatable bonds is 7. The predicted octanol–water partition coefficient (Wildman–Crippen LogP) is 12.3. The van der Waals surface area contributed by atoms with Crippen molar-refractivity contribution in [1.82, 2.24) is 15.2 Å². The van der Waals surface area contributed by atoms with Crippen LogP contribution in [-0.4, -0.2) is 34.6 Å². The molecule has 5 aliphatic rings. The molecule has 312 valence electrons. The maximum absolute atomic E-state index is 5.19. The number of pyridine rings is 1. The van der Waals surface area contributed by atoms with E-state index in [1.165, 1.54) is 39.0 Å². The predicted molar refractivity (Wildman–Crippen MR) is 268 cm³/mol. The largest absolute Gasteiger partial charge is 0.374 e. The molecule has 0 spiro atoms. The molecule has 65 heavy (non-hydrogen) atoms. The minimum atomic E-state index is -0.236. The van der Waals surface area contributed by atoms with Crippen molar-refractivity contribution in [2.24, 2.45) is 9.98 Å². The Morgan fingerprint density at radius 2 is 1.15 bits per heavy atom. The zero-order valence-electron chi connectivity index (χ0n) is 35.8. The summed E-state index contributed by atoms with van der Waals surface area (Å²) in [5.41, 5.74) is 16.6. The Kier molecular flexibility index (Phi) is 9.52. The Hall–Kier alpha value is -8.29. The van der Waals surface area contributed by atoms with Crippen molar-refractivity contribution < 1.29 is 0 Å². The van der Waals surface area contributed by atoms with Gasteiger partial charge in [-0.05, 0) is 68.3 Å². The molecule has 4 unspecified atom stereocenters. The molecule has 3 N–H and O–H groups in total. The molecule has 7 aromatic rings. The molecule has 0 saturated heterocycles. The summed E-state index contributed by atoms with van der Waals surface area (Å²) in [5.74, 6) is 1.48. The number of nitrogens with zero attached hydrogens (tertiary/aromatic N) is 4. The molecule has 0 bridgehead atoms. The normalized spacial score (nSPS) is 20.4. The standard InChI is InChI=1S/C58H45N7/c1-65-57(44-13-7-3-8-14-44)63-56(64-58(65)45-15-9-4-10-16-45)51-34-28-41-22-26-47(36-53(41)60-51)50-31-27-40-21-25-46(35-52(40)59-50)37-17-19-39(20-18-37)49-33-30-43-24-23-42-29-32-48(38-11-5-2-6-12-38)61-54(42)55(43)62-49/h2-36,48-49,52,57,59,61-62H,1H3. The summed E-state index contributed by atoms with van der Waals surface area (Å²) >= 11 is 0. The van der Waals surface area contributed by atoms with E-state index in [2.05, 4.69) is 210 Å². The quantitative estimate of drug-likeness (QED) is 0.149. The van der Waals surface area contributed by atoms with Crippen LogP contribution in [0.1, 0.15) is 68.5 Å². The van der Waals surface area contributed by atoms with Crippen molar-refractivity contribution in [1.29, 1.82) is 0 Å². The zero-order chi connectivity index (χ0) is 43.3. The van der Waals surface area contributed by atoms with Gasteiger partial charge in [-0.2, -0.15) is 0 Å². The van der Waals surface area contributed by atoms with Gasteiger partial charge in [0.15, 0.2) is 12.0 Å². The number of aromatic nitrogens is 1. The number of amidine groups is 2. The second kappa shape index (κ2) is 16.1. The van der Waals surface area contributed by atoms with Crippen LogP contribution in [0, 0.1) is 0 Å². The fourth-order valence-corrected chi connectivity index (χ4v) is 9.47. The van der Waals surface area contributed by atoms with Gasteiger partial charge in [-0.1, -0.05) is 194 Å². The molecule has 0 amide bonds. The Bertz CT molecular complexity index is 3250. The Balaban J connectivity index is 0.774. The number of fused-ring (bicyclic) bond motifs is 5. The van der Waals surface area contributed by atoms with E-state index in [-0.39, 0.29) is 24.3 Å². The van der Waals surface area contributed by atoms with Crippen LogP contribution < -0.4 is 16.0 Å². The first-order valence-corrected chi connectivity index (χ1v) is 22.3. The van der Waals surface area contributed by atoms with Crippen LogP contribution in [0.3, 0.4) is 0 Å². The van der Waals surface area contributed by atoms with Gasteiger partial charge >= 0.3 is 0 Å². The number of hydrogen-bond acceptors (Lipinski definition) is 7.